The highest BCUT2D eigenvalue weighted by molar-refractivity contribution is 5.77. The highest BCUT2D eigenvalue weighted by Crippen LogP contribution is 2.36. The van der Waals surface area contributed by atoms with Gasteiger partial charge in [0.05, 0.1) is 18.3 Å². The fraction of sp³-hybridized carbons (Fsp3) is 0.769. The molecule has 3 heterocycles. The predicted molar refractivity (Wildman–Crippen MR) is 135 cm³/mol. The first-order chi connectivity index (χ1) is 18.1. The molecule has 1 aromatic rings. The number of aliphatic hydroxyl groups is 1. The summed E-state index contributed by atoms with van der Waals surface area (Å²) < 4.78 is 69.8. The molecule has 2 N–H and O–H groups in total. The van der Waals surface area contributed by atoms with Crippen LogP contribution in [-0.4, -0.2) is 90.2 Å². The molecular weight excluding hydrogens is 541 g/mol. The number of halogens is 5. The van der Waals surface area contributed by atoms with Crippen molar-refractivity contribution in [1.29, 1.82) is 0 Å². The summed E-state index contributed by atoms with van der Waals surface area (Å²) in [4.78, 5) is 36.4. The lowest BCUT2D eigenvalue weighted by molar-refractivity contribution is -0.149. The summed E-state index contributed by atoms with van der Waals surface area (Å²) >= 11 is 0. The van der Waals surface area contributed by atoms with Crippen molar-refractivity contribution >= 4 is 12.0 Å². The van der Waals surface area contributed by atoms with Crippen molar-refractivity contribution in [3.8, 4) is 0 Å². The van der Waals surface area contributed by atoms with Crippen LogP contribution in [0.2, 0.25) is 0 Å². The molecule has 1 aromatic heterocycles. The topological polar surface area (TPSA) is 110 Å². The lowest BCUT2D eigenvalue weighted by atomic mass is 9.93. The Hall–Kier alpha value is -2.61. The molecule has 1 fully saturated rings. The molecule has 2 aliphatic heterocycles. The number of nitrogens with zero attached hydrogens (tertiary/aromatic N) is 5. The van der Waals surface area contributed by atoms with E-state index in [9.17, 15) is 41.8 Å². The molecule has 40 heavy (non-hydrogen) atoms. The van der Waals surface area contributed by atoms with Crippen molar-refractivity contribution in [1.82, 2.24) is 24.7 Å². The highest BCUT2D eigenvalue weighted by atomic mass is 19.4. The largest absolute Gasteiger partial charge is 0.465 e. The third-order valence-electron chi connectivity index (χ3n) is 7.14. The zero-order chi connectivity index (χ0) is 30.4. The minimum Gasteiger partial charge on any atom is -0.465 e. The lowest BCUT2D eigenvalue weighted by Gasteiger charge is -2.44. The van der Waals surface area contributed by atoms with Crippen molar-refractivity contribution in [3.05, 3.63) is 22.8 Å². The Labute approximate surface area is 230 Å². The van der Waals surface area contributed by atoms with E-state index in [-0.39, 0.29) is 56.0 Å². The Morgan fingerprint density at radius 1 is 1.10 bits per heavy atom. The number of alkyl halides is 5. The Bertz CT molecular complexity index is 1120. The first-order valence-electron chi connectivity index (χ1n) is 13.2. The van der Waals surface area contributed by atoms with Crippen LogP contribution in [0.4, 0.5) is 26.7 Å². The number of carbonyl (C=O) groups excluding carboxylic acids is 1. The molecule has 1 unspecified atom stereocenters. The molecule has 226 valence electrons. The summed E-state index contributed by atoms with van der Waals surface area (Å²) in [7, 11) is 0. The van der Waals surface area contributed by atoms with Crippen LogP contribution in [0.3, 0.4) is 0 Å². The minimum atomic E-state index is -4.70. The van der Waals surface area contributed by atoms with E-state index in [2.05, 4.69) is 9.97 Å². The third kappa shape index (κ3) is 7.36. The van der Waals surface area contributed by atoms with E-state index in [4.69, 9.17) is 0 Å². The van der Waals surface area contributed by atoms with Gasteiger partial charge in [-0.3, -0.25) is 14.6 Å². The maximum Gasteiger partial charge on any atom is 0.433 e. The van der Waals surface area contributed by atoms with Gasteiger partial charge in [-0.25, -0.2) is 23.5 Å². The van der Waals surface area contributed by atoms with Crippen LogP contribution in [0.25, 0.3) is 0 Å². The number of piperidine rings is 1. The third-order valence-corrected chi connectivity index (χ3v) is 7.14. The number of hydrogen-bond donors (Lipinski definition) is 2. The van der Waals surface area contributed by atoms with Crippen molar-refractivity contribution in [2.24, 2.45) is 0 Å². The molecule has 0 aliphatic carbocycles. The van der Waals surface area contributed by atoms with E-state index in [1.807, 2.05) is 0 Å². The molecule has 2 aliphatic rings. The van der Waals surface area contributed by atoms with Gasteiger partial charge in [-0.1, -0.05) is 20.8 Å². The Kier molecular flexibility index (Phi) is 8.77. The number of fused-ring (bicyclic) bond motifs is 1. The Balaban J connectivity index is 1.92. The van der Waals surface area contributed by atoms with Crippen molar-refractivity contribution < 1.29 is 41.8 Å². The molecule has 0 spiro atoms. The Morgan fingerprint density at radius 3 is 2.25 bits per heavy atom. The van der Waals surface area contributed by atoms with E-state index < -0.39 is 66.0 Å². The van der Waals surface area contributed by atoms with E-state index >= 15 is 0 Å². The number of aromatic nitrogens is 2. The number of rotatable bonds is 6. The summed E-state index contributed by atoms with van der Waals surface area (Å²) in [6, 6.07) is -1.08. The normalized spacial score (nSPS) is 20.2. The average molecular weight is 580 g/mol. The van der Waals surface area contributed by atoms with Crippen LogP contribution in [-0.2, 0) is 29.4 Å². The second-order valence-corrected chi connectivity index (χ2v) is 12.6. The highest BCUT2D eigenvalue weighted by Gasteiger charge is 2.44. The number of aliphatic hydroxyl groups excluding tert-OH is 1. The first-order valence-corrected chi connectivity index (χ1v) is 13.2. The summed E-state index contributed by atoms with van der Waals surface area (Å²) in [5.41, 5.74) is -2.74. The monoisotopic (exact) mass is 579 g/mol. The van der Waals surface area contributed by atoms with Gasteiger partial charge in [0.15, 0.2) is 5.69 Å². The zero-order valence-corrected chi connectivity index (χ0v) is 23.6. The molecule has 3 rings (SSSR count). The molecule has 1 saturated heterocycles. The molecule has 2 amide bonds. The summed E-state index contributed by atoms with van der Waals surface area (Å²) in [6.45, 7) is 8.50. The summed E-state index contributed by atoms with van der Waals surface area (Å²) in [5.74, 6) is -3.66. The number of carbonyl (C=O) groups is 2. The van der Waals surface area contributed by atoms with Gasteiger partial charge in [-0.05, 0) is 27.2 Å². The molecule has 9 nitrogen and oxygen atoms in total. The standard InChI is InChI=1S/C26H38F5N5O4/c1-23(2,3)21-32-17-13-34(10-8-16(17)20(33-21)26(29,30)31)19(38)11-15(36(22(39)40)24(4,5)6)12-35-14-25(27,28)9-7-18(35)37/h15,19,38H,7-14H2,1-6H3,(H,39,40)/t15-,19?/m0/s1. The molecular formula is C26H38F5N5O4. The predicted octanol–water partition coefficient (Wildman–Crippen LogP) is 4.26. The second-order valence-electron chi connectivity index (χ2n) is 12.6. The van der Waals surface area contributed by atoms with Crippen LogP contribution in [0.5, 0.6) is 0 Å². The van der Waals surface area contributed by atoms with Gasteiger partial charge in [-0.15, -0.1) is 0 Å². The SMILES string of the molecule is CC(C)(C)c1nc2c(c(C(F)(F)F)n1)CCN(C(O)C[C@@H](CN1CC(F)(F)CCC1=O)N(C(=O)O)C(C)(C)C)C2. The van der Waals surface area contributed by atoms with Gasteiger partial charge >= 0.3 is 12.3 Å². The van der Waals surface area contributed by atoms with Crippen LogP contribution < -0.4 is 0 Å². The van der Waals surface area contributed by atoms with E-state index in [1.54, 1.807) is 41.5 Å². The van der Waals surface area contributed by atoms with Gasteiger partial charge in [0, 0.05) is 55.4 Å². The van der Waals surface area contributed by atoms with Crippen LogP contribution in [0.1, 0.15) is 83.6 Å². The molecule has 0 aromatic carbocycles. The van der Waals surface area contributed by atoms with E-state index in [0.717, 1.165) is 9.80 Å². The van der Waals surface area contributed by atoms with Gasteiger partial charge in [0.2, 0.25) is 5.91 Å². The Morgan fingerprint density at radius 2 is 1.73 bits per heavy atom. The van der Waals surface area contributed by atoms with Crippen molar-refractivity contribution in [2.45, 2.75) is 109 Å². The van der Waals surface area contributed by atoms with Gasteiger partial charge < -0.3 is 15.1 Å². The lowest BCUT2D eigenvalue weighted by Crippen LogP contribution is -2.59. The molecule has 0 saturated carbocycles. The maximum absolute atomic E-state index is 14.1. The summed E-state index contributed by atoms with van der Waals surface area (Å²) in [6.07, 6.45) is -8.76. The van der Waals surface area contributed by atoms with Crippen LogP contribution in [0, 0.1) is 0 Å². The molecule has 2 atom stereocenters. The number of carboxylic acid groups (broad SMARTS) is 1. The number of amides is 2. The second kappa shape index (κ2) is 11.0. The number of likely N-dealkylation sites (tertiary alicyclic amines) is 1. The van der Waals surface area contributed by atoms with Crippen LogP contribution >= 0.6 is 0 Å². The fourth-order valence-corrected chi connectivity index (χ4v) is 5.23. The minimum absolute atomic E-state index is 0.00196. The quantitative estimate of drug-likeness (QED) is 0.485. The van der Waals surface area contributed by atoms with E-state index in [0.29, 0.717) is 0 Å². The van der Waals surface area contributed by atoms with Crippen LogP contribution in [0.15, 0.2) is 0 Å². The van der Waals surface area contributed by atoms with Crippen molar-refractivity contribution in [2.75, 3.05) is 19.6 Å². The van der Waals surface area contributed by atoms with Gasteiger partial charge in [0.1, 0.15) is 12.1 Å². The van der Waals surface area contributed by atoms with E-state index in [1.165, 1.54) is 4.90 Å². The smallest absolute Gasteiger partial charge is 0.433 e. The molecule has 14 heteroatoms. The van der Waals surface area contributed by atoms with Crippen molar-refractivity contribution in [3.63, 3.8) is 0 Å². The molecule has 0 radical (unpaired) electrons. The zero-order valence-electron chi connectivity index (χ0n) is 23.6. The summed E-state index contributed by atoms with van der Waals surface area (Å²) in [5, 5.41) is 21.2. The first kappa shape index (κ1) is 31.9. The average Bonchev–Trinajstić information content (AvgIpc) is 2.77. The number of hydrogen-bond acceptors (Lipinski definition) is 6. The van der Waals surface area contributed by atoms with Gasteiger partial charge in [0.25, 0.3) is 5.92 Å². The maximum atomic E-state index is 14.1. The molecule has 0 bridgehead atoms. The fourth-order valence-electron chi connectivity index (χ4n) is 5.23. The van der Waals surface area contributed by atoms with Gasteiger partial charge in [-0.2, -0.15) is 13.2 Å².